The monoisotopic (exact) mass is 264 g/mol. The molecule has 5 nitrogen and oxygen atoms in total. The summed E-state index contributed by atoms with van der Waals surface area (Å²) >= 11 is 0. The van der Waals surface area contributed by atoms with Gasteiger partial charge in [-0.3, -0.25) is 10.1 Å². The highest BCUT2D eigenvalue weighted by Gasteiger charge is 2.23. The topological polar surface area (TPSA) is 64.4 Å². The number of aryl methyl sites for hydroxylation is 1. The van der Waals surface area contributed by atoms with Crippen LogP contribution in [0.5, 0.6) is 0 Å². The minimum absolute atomic E-state index is 0.144. The van der Waals surface area contributed by atoms with Gasteiger partial charge in [0.05, 0.1) is 11.0 Å². The van der Waals surface area contributed by atoms with E-state index in [4.69, 9.17) is 4.74 Å². The molecule has 1 aliphatic heterocycles. The molecular formula is C14H20N2O3. The molecule has 1 aromatic rings. The third kappa shape index (κ3) is 3.44. The molecule has 0 saturated carbocycles. The average molecular weight is 264 g/mol. The van der Waals surface area contributed by atoms with Crippen molar-refractivity contribution in [1.82, 2.24) is 0 Å². The van der Waals surface area contributed by atoms with Crippen LogP contribution in [0.3, 0.4) is 0 Å². The van der Waals surface area contributed by atoms with E-state index < -0.39 is 0 Å². The Balaban J connectivity index is 2.13. The molecule has 1 N–H and O–H groups in total. The van der Waals surface area contributed by atoms with E-state index in [1.807, 2.05) is 13.0 Å². The van der Waals surface area contributed by atoms with Crippen LogP contribution in [0.2, 0.25) is 0 Å². The average Bonchev–Trinajstić information content (AvgIpc) is 2.38. The van der Waals surface area contributed by atoms with Crippen molar-refractivity contribution >= 4 is 11.4 Å². The van der Waals surface area contributed by atoms with Crippen molar-refractivity contribution in [3.63, 3.8) is 0 Å². The van der Waals surface area contributed by atoms with Crippen LogP contribution < -0.4 is 5.32 Å². The van der Waals surface area contributed by atoms with Crippen molar-refractivity contribution in [1.29, 1.82) is 0 Å². The molecule has 0 radical (unpaired) electrons. The van der Waals surface area contributed by atoms with Gasteiger partial charge in [-0.2, -0.15) is 0 Å². The lowest BCUT2D eigenvalue weighted by Gasteiger charge is -2.30. The highest BCUT2D eigenvalue weighted by atomic mass is 16.6. The molecule has 0 aromatic heterocycles. The number of nitro benzene ring substituents is 1. The van der Waals surface area contributed by atoms with Gasteiger partial charge in [-0.15, -0.1) is 0 Å². The number of nitrogens with zero attached hydrogens (tertiary/aromatic N) is 1. The Morgan fingerprint density at radius 1 is 1.53 bits per heavy atom. The molecule has 0 bridgehead atoms. The lowest BCUT2D eigenvalue weighted by atomic mass is 10.0. The number of benzene rings is 1. The second kappa shape index (κ2) is 6.02. The predicted octanol–water partition coefficient (Wildman–Crippen LogP) is 3.27. The summed E-state index contributed by atoms with van der Waals surface area (Å²) in [7, 11) is 0. The maximum atomic E-state index is 11.0. The number of anilines is 1. The Morgan fingerprint density at radius 3 is 3.00 bits per heavy atom. The zero-order valence-corrected chi connectivity index (χ0v) is 11.4. The van der Waals surface area contributed by atoms with Crippen molar-refractivity contribution in [3.05, 3.63) is 33.9 Å². The molecule has 1 heterocycles. The van der Waals surface area contributed by atoms with Crippen LogP contribution in [-0.4, -0.2) is 23.7 Å². The maximum absolute atomic E-state index is 11.0. The van der Waals surface area contributed by atoms with Crippen molar-refractivity contribution in [3.8, 4) is 0 Å². The zero-order valence-electron chi connectivity index (χ0n) is 11.4. The molecule has 1 fully saturated rings. The van der Waals surface area contributed by atoms with Gasteiger partial charge in [0, 0.05) is 18.7 Å². The Labute approximate surface area is 113 Å². The van der Waals surface area contributed by atoms with E-state index >= 15 is 0 Å². The molecule has 2 rings (SSSR count). The molecule has 104 valence electrons. The van der Waals surface area contributed by atoms with Crippen molar-refractivity contribution < 1.29 is 9.66 Å². The lowest BCUT2D eigenvalue weighted by Crippen LogP contribution is -2.33. The second-order valence-electron chi connectivity index (χ2n) is 5.04. The number of nitrogens with one attached hydrogen (secondary N) is 1. The third-order valence-corrected chi connectivity index (χ3v) is 3.53. The number of rotatable bonds is 4. The summed E-state index contributed by atoms with van der Waals surface area (Å²) in [5, 5.41) is 14.4. The molecule has 1 aliphatic rings. The Hall–Kier alpha value is -1.62. The quantitative estimate of drug-likeness (QED) is 0.669. The number of hydrogen-bond donors (Lipinski definition) is 1. The Morgan fingerprint density at radius 2 is 2.32 bits per heavy atom. The van der Waals surface area contributed by atoms with Crippen molar-refractivity contribution in [2.45, 2.75) is 45.3 Å². The summed E-state index contributed by atoms with van der Waals surface area (Å²) in [5.41, 5.74) is 1.78. The molecule has 5 heteroatoms. The van der Waals surface area contributed by atoms with E-state index in [1.165, 1.54) is 0 Å². The first kappa shape index (κ1) is 13.8. The van der Waals surface area contributed by atoms with E-state index in [1.54, 1.807) is 12.1 Å². The summed E-state index contributed by atoms with van der Waals surface area (Å²) < 4.78 is 5.62. The molecular weight excluding hydrogens is 244 g/mol. The Bertz CT molecular complexity index is 462. The van der Waals surface area contributed by atoms with E-state index in [0.717, 1.165) is 31.4 Å². The molecule has 2 atom stereocenters. The highest BCUT2D eigenvalue weighted by molar-refractivity contribution is 5.63. The molecule has 1 aromatic carbocycles. The minimum Gasteiger partial charge on any atom is -0.378 e. The highest BCUT2D eigenvalue weighted by Crippen LogP contribution is 2.28. The van der Waals surface area contributed by atoms with Crippen LogP contribution >= 0.6 is 0 Å². The lowest BCUT2D eigenvalue weighted by molar-refractivity contribution is -0.384. The second-order valence-corrected chi connectivity index (χ2v) is 5.04. The normalized spacial score (nSPS) is 23.1. The molecule has 0 aliphatic carbocycles. The van der Waals surface area contributed by atoms with Gasteiger partial charge in [0.2, 0.25) is 0 Å². The minimum atomic E-state index is -0.335. The van der Waals surface area contributed by atoms with E-state index in [0.29, 0.717) is 5.69 Å². The van der Waals surface area contributed by atoms with Gasteiger partial charge in [0.25, 0.3) is 5.69 Å². The number of hydrogen-bond acceptors (Lipinski definition) is 4. The summed E-state index contributed by atoms with van der Waals surface area (Å²) in [6.45, 7) is 4.76. The van der Waals surface area contributed by atoms with Crippen LogP contribution in [0.1, 0.15) is 31.7 Å². The molecule has 0 amide bonds. The van der Waals surface area contributed by atoms with Crippen molar-refractivity contribution in [2.24, 2.45) is 0 Å². The van der Waals surface area contributed by atoms with Crippen LogP contribution in [0.4, 0.5) is 11.4 Å². The van der Waals surface area contributed by atoms with Gasteiger partial charge in [-0.1, -0.05) is 13.0 Å². The molecule has 1 saturated heterocycles. The smallest absolute Gasteiger partial charge is 0.292 e. The van der Waals surface area contributed by atoms with Crippen LogP contribution in [0.15, 0.2) is 18.2 Å². The van der Waals surface area contributed by atoms with Gasteiger partial charge < -0.3 is 10.1 Å². The SMILES string of the molecule is CCC1CC(Nc2cc(C)ccc2[N+](=O)[O-])CCO1. The fourth-order valence-electron chi connectivity index (χ4n) is 2.44. The first-order chi connectivity index (χ1) is 9.10. The van der Waals surface area contributed by atoms with Crippen LogP contribution in [0, 0.1) is 17.0 Å². The number of ether oxygens (including phenoxy) is 1. The van der Waals surface area contributed by atoms with Gasteiger partial charge in [0.1, 0.15) is 5.69 Å². The van der Waals surface area contributed by atoms with Gasteiger partial charge in [-0.25, -0.2) is 0 Å². The van der Waals surface area contributed by atoms with Gasteiger partial charge in [0.15, 0.2) is 0 Å². The van der Waals surface area contributed by atoms with E-state index in [9.17, 15) is 10.1 Å². The van der Waals surface area contributed by atoms with Crippen LogP contribution in [0.25, 0.3) is 0 Å². The summed E-state index contributed by atoms with van der Waals surface area (Å²) in [6, 6.07) is 5.42. The summed E-state index contributed by atoms with van der Waals surface area (Å²) in [4.78, 5) is 10.7. The molecule has 2 unspecified atom stereocenters. The van der Waals surface area contributed by atoms with E-state index in [2.05, 4.69) is 12.2 Å². The van der Waals surface area contributed by atoms with Crippen LogP contribution in [-0.2, 0) is 4.74 Å². The first-order valence-electron chi connectivity index (χ1n) is 6.73. The summed E-state index contributed by atoms with van der Waals surface area (Å²) in [6.07, 6.45) is 3.03. The zero-order chi connectivity index (χ0) is 13.8. The first-order valence-corrected chi connectivity index (χ1v) is 6.73. The molecule has 0 spiro atoms. The third-order valence-electron chi connectivity index (χ3n) is 3.53. The van der Waals surface area contributed by atoms with E-state index in [-0.39, 0.29) is 22.8 Å². The molecule has 19 heavy (non-hydrogen) atoms. The van der Waals surface area contributed by atoms with Gasteiger partial charge >= 0.3 is 0 Å². The fourth-order valence-corrected chi connectivity index (χ4v) is 2.44. The largest absolute Gasteiger partial charge is 0.378 e. The van der Waals surface area contributed by atoms with Crippen molar-refractivity contribution in [2.75, 3.05) is 11.9 Å². The summed E-state index contributed by atoms with van der Waals surface area (Å²) in [5.74, 6) is 0. The Kier molecular flexibility index (Phi) is 4.37. The predicted molar refractivity (Wildman–Crippen MR) is 74.5 cm³/mol. The fraction of sp³-hybridized carbons (Fsp3) is 0.571. The standard InChI is InChI=1S/C14H20N2O3/c1-3-12-9-11(6-7-19-12)15-13-8-10(2)4-5-14(13)16(17)18/h4-5,8,11-12,15H,3,6-7,9H2,1-2H3. The maximum Gasteiger partial charge on any atom is 0.292 e. The van der Waals surface area contributed by atoms with Gasteiger partial charge in [-0.05, 0) is 37.8 Å². The number of nitro groups is 1.